The van der Waals surface area contributed by atoms with Gasteiger partial charge in [0, 0.05) is 26.5 Å². The molecule has 2 heterocycles. The fourth-order valence-electron chi connectivity index (χ4n) is 3.82. The molecule has 9 nitrogen and oxygen atoms in total. The first kappa shape index (κ1) is 25.5. The minimum atomic E-state index is -1.19. The standard InChI is InChI=1S/C27H19BrClN3O6/c1-14(27(34)35)37-24-16(10-18(29)12-22(24)36-2)13-30-32-25(31-20-6-4-3-5-19(20)26(32)33)23-11-15-9-17(28)7-8-21(15)38-23/h3-14H,1-2H3,(H,34,35)/t14-/m1/s1. The Morgan fingerprint density at radius 3 is 2.76 bits per heavy atom. The van der Waals surface area contributed by atoms with Gasteiger partial charge in [0.2, 0.25) is 5.82 Å². The average Bonchev–Trinajstić information content (AvgIpc) is 3.32. The average molecular weight is 597 g/mol. The maximum Gasteiger partial charge on any atom is 0.344 e. The molecule has 0 aliphatic rings. The van der Waals surface area contributed by atoms with Gasteiger partial charge in [0.25, 0.3) is 5.56 Å². The predicted molar refractivity (Wildman–Crippen MR) is 148 cm³/mol. The van der Waals surface area contributed by atoms with Crippen molar-refractivity contribution in [2.24, 2.45) is 5.10 Å². The van der Waals surface area contributed by atoms with Gasteiger partial charge in [0.05, 0.1) is 24.2 Å². The van der Waals surface area contributed by atoms with E-state index in [2.05, 4.69) is 26.0 Å². The van der Waals surface area contributed by atoms with Crippen LogP contribution in [0, 0.1) is 0 Å². The number of carboxylic acid groups (broad SMARTS) is 1. The number of hydrogen-bond acceptors (Lipinski definition) is 7. The van der Waals surface area contributed by atoms with Gasteiger partial charge in [-0.2, -0.15) is 9.78 Å². The van der Waals surface area contributed by atoms with Crippen LogP contribution in [0.3, 0.4) is 0 Å². The number of aromatic nitrogens is 2. The first-order valence-electron chi connectivity index (χ1n) is 11.3. The first-order chi connectivity index (χ1) is 18.2. The quantitative estimate of drug-likeness (QED) is 0.230. The van der Waals surface area contributed by atoms with Crippen molar-refractivity contribution < 1.29 is 23.8 Å². The monoisotopic (exact) mass is 595 g/mol. The molecule has 38 heavy (non-hydrogen) atoms. The van der Waals surface area contributed by atoms with Gasteiger partial charge in [-0.15, -0.1) is 0 Å². The van der Waals surface area contributed by atoms with Crippen LogP contribution in [0.2, 0.25) is 5.02 Å². The summed E-state index contributed by atoms with van der Waals surface area (Å²) in [4.78, 5) is 29.7. The molecule has 1 N–H and O–H groups in total. The van der Waals surface area contributed by atoms with Crippen molar-refractivity contribution in [2.75, 3.05) is 7.11 Å². The van der Waals surface area contributed by atoms with Crippen LogP contribution in [0.15, 0.2) is 79.4 Å². The first-order valence-corrected chi connectivity index (χ1v) is 12.4. The van der Waals surface area contributed by atoms with Gasteiger partial charge >= 0.3 is 5.97 Å². The van der Waals surface area contributed by atoms with Crippen LogP contribution in [0.4, 0.5) is 0 Å². The summed E-state index contributed by atoms with van der Waals surface area (Å²) >= 11 is 9.71. The molecule has 5 rings (SSSR count). The SMILES string of the molecule is COc1cc(Cl)cc(C=Nn2c(-c3cc4cc(Br)ccc4o3)nc3ccccc3c2=O)c1O[C@H](C)C(=O)O. The van der Waals surface area contributed by atoms with Gasteiger partial charge < -0.3 is 19.0 Å². The molecule has 11 heteroatoms. The van der Waals surface area contributed by atoms with E-state index in [4.69, 9.17) is 25.5 Å². The number of benzene rings is 3. The summed E-state index contributed by atoms with van der Waals surface area (Å²) in [6, 6.07) is 17.2. The lowest BCUT2D eigenvalue weighted by molar-refractivity contribution is -0.144. The van der Waals surface area contributed by atoms with Crippen molar-refractivity contribution in [3.63, 3.8) is 0 Å². The normalized spacial score (nSPS) is 12.3. The van der Waals surface area contributed by atoms with Crippen molar-refractivity contribution in [1.82, 2.24) is 9.66 Å². The highest BCUT2D eigenvalue weighted by atomic mass is 79.9. The highest BCUT2D eigenvalue weighted by molar-refractivity contribution is 9.10. The van der Waals surface area contributed by atoms with E-state index < -0.39 is 17.6 Å². The molecule has 0 spiro atoms. The molecule has 0 amide bonds. The number of nitrogens with zero attached hydrogens (tertiary/aromatic N) is 3. The topological polar surface area (TPSA) is 116 Å². The number of carbonyl (C=O) groups is 1. The van der Waals surface area contributed by atoms with E-state index in [9.17, 15) is 14.7 Å². The van der Waals surface area contributed by atoms with Crippen LogP contribution in [-0.4, -0.2) is 40.2 Å². The third-order valence-electron chi connectivity index (χ3n) is 5.68. The molecule has 0 saturated heterocycles. The van der Waals surface area contributed by atoms with Gasteiger partial charge in [0.1, 0.15) is 5.58 Å². The molecule has 0 aliphatic carbocycles. The molecule has 2 aromatic heterocycles. The van der Waals surface area contributed by atoms with Gasteiger partial charge in [0.15, 0.2) is 23.4 Å². The Bertz CT molecular complexity index is 1800. The molecule has 5 aromatic rings. The van der Waals surface area contributed by atoms with Crippen molar-refractivity contribution in [2.45, 2.75) is 13.0 Å². The number of rotatable bonds is 7. The highest BCUT2D eigenvalue weighted by Crippen LogP contribution is 2.35. The zero-order valence-corrected chi connectivity index (χ0v) is 22.4. The third-order valence-corrected chi connectivity index (χ3v) is 6.39. The largest absolute Gasteiger partial charge is 0.493 e. The molecule has 0 unspecified atom stereocenters. The number of aliphatic carboxylic acids is 1. The third kappa shape index (κ3) is 4.88. The van der Waals surface area contributed by atoms with E-state index in [0.717, 1.165) is 14.5 Å². The number of hydrogen-bond donors (Lipinski definition) is 1. The molecule has 0 radical (unpaired) electrons. The Morgan fingerprint density at radius 2 is 2.00 bits per heavy atom. The summed E-state index contributed by atoms with van der Waals surface area (Å²) in [6.45, 7) is 1.38. The second-order valence-corrected chi connectivity index (χ2v) is 9.58. The van der Waals surface area contributed by atoms with Crippen LogP contribution in [0.5, 0.6) is 11.5 Å². The lowest BCUT2D eigenvalue weighted by atomic mass is 10.2. The smallest absolute Gasteiger partial charge is 0.344 e. The number of halogens is 2. The van der Waals surface area contributed by atoms with Gasteiger partial charge in [-0.25, -0.2) is 9.78 Å². The Hall–Kier alpha value is -4.15. The summed E-state index contributed by atoms with van der Waals surface area (Å²) < 4.78 is 19.0. The van der Waals surface area contributed by atoms with E-state index >= 15 is 0 Å². The number of furan rings is 1. The summed E-state index contributed by atoms with van der Waals surface area (Å²) in [5.74, 6) is -0.351. The molecule has 1 atom stereocenters. The number of fused-ring (bicyclic) bond motifs is 2. The molecule has 3 aromatic carbocycles. The maximum atomic E-state index is 13.6. The Balaban J connectivity index is 1.71. The predicted octanol–water partition coefficient (Wildman–Crippen LogP) is 5.97. The molecule has 0 bridgehead atoms. The second kappa shape index (κ2) is 10.3. The van der Waals surface area contributed by atoms with Crippen LogP contribution >= 0.6 is 27.5 Å². The zero-order valence-electron chi connectivity index (χ0n) is 20.0. The van der Waals surface area contributed by atoms with Crippen LogP contribution in [-0.2, 0) is 4.79 Å². The van der Waals surface area contributed by atoms with E-state index in [1.807, 2.05) is 12.1 Å². The van der Waals surface area contributed by atoms with Gasteiger partial charge in [-0.1, -0.05) is 39.7 Å². The van der Waals surface area contributed by atoms with Crippen molar-refractivity contribution in [1.29, 1.82) is 0 Å². The highest BCUT2D eigenvalue weighted by Gasteiger charge is 2.20. The Labute approximate surface area is 229 Å². The summed E-state index contributed by atoms with van der Waals surface area (Å²) in [6.07, 6.45) is 0.145. The zero-order chi connectivity index (χ0) is 27.0. The van der Waals surface area contributed by atoms with Crippen LogP contribution in [0.25, 0.3) is 33.5 Å². The molecule has 0 aliphatic heterocycles. The molecule has 192 valence electrons. The lowest BCUT2D eigenvalue weighted by Crippen LogP contribution is -2.24. The van der Waals surface area contributed by atoms with Crippen LogP contribution in [0.1, 0.15) is 12.5 Å². The number of carboxylic acids is 1. The van der Waals surface area contributed by atoms with Gasteiger partial charge in [-0.3, -0.25) is 4.79 Å². The Morgan fingerprint density at radius 1 is 1.21 bits per heavy atom. The number of methoxy groups -OCH3 is 1. The van der Waals surface area contributed by atoms with Gasteiger partial charge in [-0.05, 0) is 49.4 Å². The maximum absolute atomic E-state index is 13.6. The molecular formula is C27H19BrClN3O6. The van der Waals surface area contributed by atoms with Crippen LogP contribution < -0.4 is 15.0 Å². The van der Waals surface area contributed by atoms with E-state index in [-0.39, 0.29) is 17.3 Å². The van der Waals surface area contributed by atoms with E-state index in [0.29, 0.717) is 32.8 Å². The number of ether oxygens (including phenoxy) is 2. The van der Waals surface area contributed by atoms with Crippen molar-refractivity contribution >= 4 is 61.6 Å². The second-order valence-electron chi connectivity index (χ2n) is 8.23. The molecule has 0 fully saturated rings. The van der Waals surface area contributed by atoms with E-state index in [1.165, 1.54) is 32.4 Å². The minimum absolute atomic E-state index is 0.104. The van der Waals surface area contributed by atoms with Crippen molar-refractivity contribution in [3.8, 4) is 23.1 Å². The summed E-state index contributed by atoms with van der Waals surface area (Å²) in [5.41, 5.74) is 0.948. The Kier molecular flexibility index (Phi) is 6.92. The number of para-hydroxylation sites is 1. The lowest BCUT2D eigenvalue weighted by Gasteiger charge is -2.16. The fraction of sp³-hybridized carbons (Fsp3) is 0.111. The minimum Gasteiger partial charge on any atom is -0.493 e. The summed E-state index contributed by atoms with van der Waals surface area (Å²) in [7, 11) is 1.40. The van der Waals surface area contributed by atoms with Crippen molar-refractivity contribution in [3.05, 3.63) is 86.1 Å². The molecule has 0 saturated carbocycles. The fourth-order valence-corrected chi connectivity index (χ4v) is 4.42. The summed E-state index contributed by atoms with van der Waals surface area (Å²) in [5, 5.41) is 15.2. The van der Waals surface area contributed by atoms with E-state index in [1.54, 1.807) is 36.4 Å². The molecular weight excluding hydrogens is 578 g/mol.